The Hall–Kier alpha value is -3.50. The highest BCUT2D eigenvalue weighted by Gasteiger charge is 2.13. The van der Waals surface area contributed by atoms with E-state index in [-0.39, 0.29) is 0 Å². The molecule has 0 fully saturated rings. The Morgan fingerprint density at radius 3 is 2.25 bits per heavy atom. The summed E-state index contributed by atoms with van der Waals surface area (Å²) < 4.78 is 7.44. The van der Waals surface area contributed by atoms with Gasteiger partial charge in [-0.1, -0.05) is 60.7 Å². The summed E-state index contributed by atoms with van der Waals surface area (Å²) in [7, 11) is 0.712. The molecule has 1 radical (unpaired) electrons. The highest BCUT2D eigenvalue weighted by atomic mass is 16.5. The van der Waals surface area contributed by atoms with Crippen LogP contribution in [0.2, 0.25) is 0 Å². The van der Waals surface area contributed by atoms with Gasteiger partial charge in [0.15, 0.2) is 0 Å². The quantitative estimate of drug-likeness (QED) is 0.437. The molecule has 5 aromatic rings. The molecule has 1 N–H and O–H groups in total. The third-order valence-corrected chi connectivity index (χ3v) is 5.04. The second-order valence-electron chi connectivity index (χ2n) is 6.67. The van der Waals surface area contributed by atoms with Crippen molar-refractivity contribution in [3.63, 3.8) is 0 Å². The molecule has 0 aliphatic carbocycles. The Morgan fingerprint density at radius 1 is 0.643 bits per heavy atom. The first-order valence-electron chi connectivity index (χ1n) is 9.17. The summed E-state index contributed by atoms with van der Waals surface area (Å²) >= 11 is 0. The second kappa shape index (κ2) is 6.91. The summed E-state index contributed by atoms with van der Waals surface area (Å²) in [5, 5.41) is 11.2. The summed E-state index contributed by atoms with van der Waals surface area (Å²) in [6.45, 7) is 0. The fraction of sp³-hybridized carbons (Fsp3) is 0. The average Bonchev–Trinajstić information content (AvgIpc) is 3.09. The summed E-state index contributed by atoms with van der Waals surface area (Å²) in [5.41, 5.74) is 5.71. The molecule has 0 atom stereocenters. The largest absolute Gasteiger partial charge is 0.569 e. The Balaban J connectivity index is 1.77. The predicted molar refractivity (Wildman–Crippen MR) is 115 cm³/mol. The highest BCUT2D eigenvalue weighted by molar-refractivity contribution is 6.17. The van der Waals surface area contributed by atoms with Gasteiger partial charge >= 0.3 is 7.69 Å². The first-order valence-corrected chi connectivity index (χ1v) is 9.17. The standard InChI is InChI=1S/C24H17BNO2/c27-25-28-20-13-14-24-22(16-20)21-11-4-5-12-23(21)26(24)19-10-6-9-18(15-19)17-7-2-1-3-8-17/h1-16,27H. The van der Waals surface area contributed by atoms with Crippen molar-refractivity contribution in [2.75, 3.05) is 0 Å². The van der Waals surface area contributed by atoms with Gasteiger partial charge in [0.1, 0.15) is 5.75 Å². The maximum Gasteiger partial charge on any atom is 0.569 e. The molecule has 0 amide bonds. The van der Waals surface area contributed by atoms with E-state index in [1.54, 1.807) is 0 Å². The molecule has 28 heavy (non-hydrogen) atoms. The van der Waals surface area contributed by atoms with Crippen LogP contribution in [0, 0.1) is 0 Å². The third kappa shape index (κ3) is 2.75. The van der Waals surface area contributed by atoms with Crippen molar-refractivity contribution in [2.24, 2.45) is 0 Å². The maximum atomic E-state index is 8.97. The summed E-state index contributed by atoms with van der Waals surface area (Å²) in [6, 6.07) is 33.2. The number of nitrogens with zero attached hydrogens (tertiary/aromatic N) is 1. The van der Waals surface area contributed by atoms with Crippen LogP contribution in [0.25, 0.3) is 38.6 Å². The summed E-state index contributed by atoms with van der Waals surface area (Å²) in [4.78, 5) is 0. The van der Waals surface area contributed by atoms with Crippen molar-refractivity contribution in [1.29, 1.82) is 0 Å². The zero-order valence-corrected chi connectivity index (χ0v) is 15.1. The van der Waals surface area contributed by atoms with E-state index in [0.717, 1.165) is 27.5 Å². The molecule has 4 heteroatoms. The Kier molecular flexibility index (Phi) is 4.11. The number of aromatic nitrogens is 1. The SMILES string of the molecule is O[B]Oc1ccc2c(c1)c1ccccc1n2-c1cccc(-c2ccccc2)c1. The van der Waals surface area contributed by atoms with Crippen LogP contribution in [-0.2, 0) is 0 Å². The van der Waals surface area contributed by atoms with Crippen molar-refractivity contribution in [2.45, 2.75) is 0 Å². The smallest absolute Gasteiger partial charge is 0.537 e. The second-order valence-corrected chi connectivity index (χ2v) is 6.67. The number of hydrogen-bond acceptors (Lipinski definition) is 2. The fourth-order valence-corrected chi connectivity index (χ4v) is 3.82. The summed E-state index contributed by atoms with van der Waals surface area (Å²) in [6.07, 6.45) is 0. The van der Waals surface area contributed by atoms with Gasteiger partial charge < -0.3 is 14.2 Å². The van der Waals surface area contributed by atoms with Crippen LogP contribution in [0.5, 0.6) is 5.75 Å². The third-order valence-electron chi connectivity index (χ3n) is 5.04. The van der Waals surface area contributed by atoms with E-state index in [1.807, 2.05) is 30.3 Å². The molecule has 0 saturated carbocycles. The van der Waals surface area contributed by atoms with E-state index in [4.69, 9.17) is 9.68 Å². The van der Waals surface area contributed by atoms with E-state index in [0.29, 0.717) is 13.4 Å². The molecule has 5 rings (SSSR count). The molecule has 133 valence electrons. The fourth-order valence-electron chi connectivity index (χ4n) is 3.82. The van der Waals surface area contributed by atoms with Gasteiger partial charge in [-0.3, -0.25) is 0 Å². The number of para-hydroxylation sites is 1. The van der Waals surface area contributed by atoms with Crippen LogP contribution in [0.4, 0.5) is 0 Å². The zero-order chi connectivity index (χ0) is 18.9. The maximum absolute atomic E-state index is 8.97. The predicted octanol–water partition coefficient (Wildman–Crippen LogP) is 5.36. The molecule has 0 aliphatic heterocycles. The minimum Gasteiger partial charge on any atom is -0.537 e. The van der Waals surface area contributed by atoms with E-state index in [9.17, 15) is 0 Å². The molecular formula is C24H17BNO2. The van der Waals surface area contributed by atoms with Gasteiger partial charge in [-0.2, -0.15) is 0 Å². The zero-order valence-electron chi connectivity index (χ0n) is 15.1. The van der Waals surface area contributed by atoms with Crippen molar-refractivity contribution < 1.29 is 9.68 Å². The molecule has 1 aromatic heterocycles. The van der Waals surface area contributed by atoms with Crippen LogP contribution in [0.3, 0.4) is 0 Å². The van der Waals surface area contributed by atoms with Gasteiger partial charge in [-0.05, 0) is 47.5 Å². The van der Waals surface area contributed by atoms with Crippen LogP contribution in [0.15, 0.2) is 97.1 Å². The van der Waals surface area contributed by atoms with Gasteiger partial charge in [0.25, 0.3) is 0 Å². The van der Waals surface area contributed by atoms with Gasteiger partial charge in [0, 0.05) is 16.5 Å². The minimum absolute atomic E-state index is 0.607. The van der Waals surface area contributed by atoms with Crippen molar-refractivity contribution in [3.05, 3.63) is 97.1 Å². The normalized spacial score (nSPS) is 11.0. The Morgan fingerprint density at radius 2 is 1.39 bits per heavy atom. The monoisotopic (exact) mass is 362 g/mol. The molecule has 4 aromatic carbocycles. The first-order chi connectivity index (χ1) is 13.8. The Bertz CT molecular complexity index is 1280. The number of rotatable bonds is 4. The summed E-state index contributed by atoms with van der Waals surface area (Å²) in [5.74, 6) is 0.607. The van der Waals surface area contributed by atoms with Crippen LogP contribution < -0.4 is 4.65 Å². The lowest BCUT2D eigenvalue weighted by atomic mass is 10.1. The van der Waals surface area contributed by atoms with Crippen molar-refractivity contribution in [3.8, 4) is 22.6 Å². The van der Waals surface area contributed by atoms with Crippen molar-refractivity contribution >= 4 is 29.5 Å². The first kappa shape index (κ1) is 16.7. The molecular weight excluding hydrogens is 345 g/mol. The van der Waals surface area contributed by atoms with Crippen LogP contribution in [-0.4, -0.2) is 17.3 Å². The average molecular weight is 362 g/mol. The topological polar surface area (TPSA) is 34.4 Å². The van der Waals surface area contributed by atoms with Gasteiger partial charge in [0.2, 0.25) is 0 Å². The lowest BCUT2D eigenvalue weighted by Gasteiger charge is -2.10. The van der Waals surface area contributed by atoms with E-state index >= 15 is 0 Å². The van der Waals surface area contributed by atoms with Crippen molar-refractivity contribution in [1.82, 2.24) is 4.57 Å². The van der Waals surface area contributed by atoms with E-state index in [2.05, 4.69) is 71.3 Å². The minimum atomic E-state index is 0.607. The molecule has 0 unspecified atom stereocenters. The van der Waals surface area contributed by atoms with Gasteiger partial charge in [0.05, 0.1) is 11.0 Å². The van der Waals surface area contributed by atoms with Gasteiger partial charge in [-0.25, -0.2) is 0 Å². The number of benzene rings is 4. The Labute approximate surface area is 163 Å². The number of fused-ring (bicyclic) bond motifs is 3. The van der Waals surface area contributed by atoms with Crippen LogP contribution >= 0.6 is 0 Å². The lowest BCUT2D eigenvalue weighted by Crippen LogP contribution is -1.99. The highest BCUT2D eigenvalue weighted by Crippen LogP contribution is 2.35. The number of hydrogen-bond donors (Lipinski definition) is 1. The molecule has 0 spiro atoms. The molecule has 0 saturated heterocycles. The van der Waals surface area contributed by atoms with E-state index in [1.165, 1.54) is 11.1 Å². The molecule has 0 bridgehead atoms. The lowest BCUT2D eigenvalue weighted by molar-refractivity contribution is 0.454. The van der Waals surface area contributed by atoms with Gasteiger partial charge in [-0.15, -0.1) is 0 Å². The molecule has 0 aliphatic rings. The van der Waals surface area contributed by atoms with Crippen LogP contribution in [0.1, 0.15) is 0 Å². The molecule has 1 heterocycles. The van der Waals surface area contributed by atoms with E-state index < -0.39 is 0 Å². The molecule has 3 nitrogen and oxygen atoms in total.